The van der Waals surface area contributed by atoms with Gasteiger partial charge in [-0.05, 0) is 18.2 Å². The van der Waals surface area contributed by atoms with E-state index in [0.29, 0.717) is 12.4 Å². The molecule has 0 aliphatic carbocycles. The van der Waals surface area contributed by atoms with Crippen molar-refractivity contribution in [1.82, 2.24) is 4.98 Å². The summed E-state index contributed by atoms with van der Waals surface area (Å²) in [7, 11) is 3.27. The van der Waals surface area contributed by atoms with Gasteiger partial charge in [0.15, 0.2) is 0 Å². The minimum atomic E-state index is 0.608. The molecule has 2 aromatic rings. The summed E-state index contributed by atoms with van der Waals surface area (Å²) < 4.78 is 10.5. The molecule has 0 atom stereocenters. The molecule has 0 radical (unpaired) electrons. The highest BCUT2D eigenvalue weighted by molar-refractivity contribution is 5.52. The van der Waals surface area contributed by atoms with Crippen molar-refractivity contribution in [2.24, 2.45) is 5.84 Å². The first-order chi connectivity index (χ1) is 9.76. The fourth-order valence-electron chi connectivity index (χ4n) is 1.81. The number of hydrogen-bond donors (Lipinski definition) is 3. The Morgan fingerprint density at radius 1 is 1.15 bits per heavy atom. The third kappa shape index (κ3) is 3.30. The maximum Gasteiger partial charge on any atom is 0.141 e. The molecule has 6 heteroatoms. The number of hydrazine groups is 1. The molecule has 4 N–H and O–H groups in total. The van der Waals surface area contributed by atoms with Crippen LogP contribution in [0.15, 0.2) is 36.5 Å². The summed E-state index contributed by atoms with van der Waals surface area (Å²) in [6.07, 6.45) is 1.68. The summed E-state index contributed by atoms with van der Waals surface area (Å²) in [6.45, 7) is 0.626. The van der Waals surface area contributed by atoms with Crippen LogP contribution in [0.2, 0.25) is 0 Å². The minimum Gasteiger partial charge on any atom is -0.497 e. The van der Waals surface area contributed by atoms with Crippen molar-refractivity contribution >= 4 is 11.5 Å². The van der Waals surface area contributed by atoms with E-state index in [2.05, 4.69) is 15.7 Å². The van der Waals surface area contributed by atoms with Crippen molar-refractivity contribution < 1.29 is 9.47 Å². The average Bonchev–Trinajstić information content (AvgIpc) is 2.52. The summed E-state index contributed by atoms with van der Waals surface area (Å²) in [5.74, 6) is 7.49. The first-order valence-electron chi connectivity index (χ1n) is 6.14. The van der Waals surface area contributed by atoms with Crippen molar-refractivity contribution in [3.63, 3.8) is 0 Å². The Kier molecular flexibility index (Phi) is 4.62. The zero-order valence-electron chi connectivity index (χ0n) is 11.5. The molecule has 0 saturated heterocycles. The molecule has 0 bridgehead atoms. The molecule has 20 heavy (non-hydrogen) atoms. The second-order valence-corrected chi connectivity index (χ2v) is 4.11. The molecule has 1 heterocycles. The number of aromatic nitrogens is 1. The lowest BCUT2D eigenvalue weighted by atomic mass is 10.2. The number of rotatable bonds is 6. The Bertz CT molecular complexity index is 575. The van der Waals surface area contributed by atoms with Crippen molar-refractivity contribution in [2.75, 3.05) is 25.0 Å². The second kappa shape index (κ2) is 6.63. The van der Waals surface area contributed by atoms with Gasteiger partial charge in [-0.2, -0.15) is 0 Å². The molecule has 1 aromatic carbocycles. The molecule has 0 aliphatic heterocycles. The van der Waals surface area contributed by atoms with Crippen LogP contribution in [0.3, 0.4) is 0 Å². The molecule has 1 aromatic heterocycles. The normalized spacial score (nSPS) is 9.95. The van der Waals surface area contributed by atoms with Crippen molar-refractivity contribution in [3.8, 4) is 11.5 Å². The monoisotopic (exact) mass is 274 g/mol. The number of benzene rings is 1. The Labute approximate surface area is 117 Å². The molecule has 2 rings (SSSR count). The second-order valence-electron chi connectivity index (χ2n) is 4.11. The number of nitrogens with two attached hydrogens (primary N) is 1. The minimum absolute atomic E-state index is 0.608. The predicted octanol–water partition coefficient (Wildman–Crippen LogP) is 2.00. The van der Waals surface area contributed by atoms with Gasteiger partial charge in [0.1, 0.15) is 17.3 Å². The number of anilines is 2. The quantitative estimate of drug-likeness (QED) is 0.552. The van der Waals surface area contributed by atoms with Crippen LogP contribution in [-0.2, 0) is 6.54 Å². The van der Waals surface area contributed by atoms with Gasteiger partial charge in [-0.1, -0.05) is 0 Å². The Hall–Kier alpha value is -2.47. The lowest BCUT2D eigenvalue weighted by molar-refractivity contribution is 0.391. The van der Waals surface area contributed by atoms with Gasteiger partial charge in [0.2, 0.25) is 0 Å². The van der Waals surface area contributed by atoms with E-state index in [1.807, 2.05) is 30.3 Å². The molecule has 0 amide bonds. The molecule has 0 fully saturated rings. The number of hydrogen-bond acceptors (Lipinski definition) is 6. The van der Waals surface area contributed by atoms with E-state index < -0.39 is 0 Å². The van der Waals surface area contributed by atoms with Crippen LogP contribution in [0.1, 0.15) is 5.56 Å². The zero-order chi connectivity index (χ0) is 14.4. The number of ether oxygens (including phenoxy) is 2. The van der Waals surface area contributed by atoms with Crippen molar-refractivity contribution in [2.45, 2.75) is 6.54 Å². The fraction of sp³-hybridized carbons (Fsp3) is 0.214. The summed E-state index contributed by atoms with van der Waals surface area (Å²) in [6, 6.07) is 9.43. The molecule has 0 saturated carbocycles. The molecule has 106 valence electrons. The Balaban J connectivity index is 2.10. The van der Waals surface area contributed by atoms with Gasteiger partial charge >= 0.3 is 0 Å². The highest BCUT2D eigenvalue weighted by atomic mass is 16.5. The van der Waals surface area contributed by atoms with Crippen molar-refractivity contribution in [1.29, 1.82) is 0 Å². The standard InChI is InChI=1S/C14H18N4O2/c1-19-12-4-3-10(13(8-12)20-2)9-17-11-5-6-16-14(7-11)18-15/h3-8H,9,15H2,1-2H3,(H2,16,17,18). The molecule has 0 unspecified atom stereocenters. The third-order valence-corrected chi connectivity index (χ3v) is 2.89. The van der Waals surface area contributed by atoms with Gasteiger partial charge in [0, 0.05) is 36.1 Å². The van der Waals surface area contributed by atoms with Crippen LogP contribution < -0.4 is 26.1 Å². The highest BCUT2D eigenvalue weighted by Gasteiger charge is 2.05. The van der Waals surface area contributed by atoms with Crippen molar-refractivity contribution in [3.05, 3.63) is 42.1 Å². The predicted molar refractivity (Wildman–Crippen MR) is 78.9 cm³/mol. The molecule has 0 spiro atoms. The van der Waals surface area contributed by atoms with Crippen LogP contribution in [0.5, 0.6) is 11.5 Å². The van der Waals surface area contributed by atoms with E-state index in [4.69, 9.17) is 15.3 Å². The first-order valence-corrected chi connectivity index (χ1v) is 6.14. The first kappa shape index (κ1) is 14.0. The van der Waals surface area contributed by atoms with Gasteiger partial charge in [-0.3, -0.25) is 0 Å². The summed E-state index contributed by atoms with van der Waals surface area (Å²) in [4.78, 5) is 4.05. The topological polar surface area (TPSA) is 81.4 Å². The van der Waals surface area contributed by atoms with E-state index in [-0.39, 0.29) is 0 Å². The van der Waals surface area contributed by atoms with Gasteiger partial charge < -0.3 is 20.2 Å². The van der Waals surface area contributed by atoms with E-state index in [9.17, 15) is 0 Å². The fourth-order valence-corrected chi connectivity index (χ4v) is 1.81. The van der Waals surface area contributed by atoms with E-state index >= 15 is 0 Å². The van der Waals surface area contributed by atoms with Gasteiger partial charge in [-0.15, -0.1) is 0 Å². The molecule has 6 nitrogen and oxygen atoms in total. The van der Waals surface area contributed by atoms with E-state index in [1.165, 1.54) is 0 Å². The number of methoxy groups -OCH3 is 2. The van der Waals surface area contributed by atoms with Crippen LogP contribution in [0.25, 0.3) is 0 Å². The highest BCUT2D eigenvalue weighted by Crippen LogP contribution is 2.25. The SMILES string of the molecule is COc1ccc(CNc2ccnc(NN)c2)c(OC)c1. The summed E-state index contributed by atoms with van der Waals surface area (Å²) in [5.41, 5.74) is 4.47. The van der Waals surface area contributed by atoms with E-state index in [1.54, 1.807) is 20.4 Å². The zero-order valence-corrected chi connectivity index (χ0v) is 11.5. The third-order valence-electron chi connectivity index (χ3n) is 2.89. The number of pyridine rings is 1. The largest absolute Gasteiger partial charge is 0.497 e. The maximum atomic E-state index is 5.36. The maximum absolute atomic E-state index is 5.36. The van der Waals surface area contributed by atoms with Gasteiger partial charge in [-0.25, -0.2) is 10.8 Å². The van der Waals surface area contributed by atoms with Gasteiger partial charge in [0.05, 0.1) is 14.2 Å². The summed E-state index contributed by atoms with van der Waals surface area (Å²) >= 11 is 0. The summed E-state index contributed by atoms with van der Waals surface area (Å²) in [5, 5.41) is 3.29. The van der Waals surface area contributed by atoms with Crippen LogP contribution in [0, 0.1) is 0 Å². The lowest BCUT2D eigenvalue weighted by Crippen LogP contribution is -2.09. The van der Waals surface area contributed by atoms with E-state index in [0.717, 1.165) is 22.7 Å². The lowest BCUT2D eigenvalue weighted by Gasteiger charge is -2.12. The van der Waals surface area contributed by atoms with Gasteiger partial charge in [0.25, 0.3) is 0 Å². The number of nitrogen functional groups attached to an aromatic ring is 1. The number of nitrogens with zero attached hydrogens (tertiary/aromatic N) is 1. The number of nitrogens with one attached hydrogen (secondary N) is 2. The Morgan fingerprint density at radius 2 is 2.00 bits per heavy atom. The Morgan fingerprint density at radius 3 is 2.70 bits per heavy atom. The van der Waals surface area contributed by atoms with Crippen LogP contribution in [0.4, 0.5) is 11.5 Å². The molecular formula is C14H18N4O2. The average molecular weight is 274 g/mol. The molecular weight excluding hydrogens is 256 g/mol. The molecule has 0 aliphatic rings. The van der Waals surface area contributed by atoms with Crippen LogP contribution >= 0.6 is 0 Å². The smallest absolute Gasteiger partial charge is 0.141 e. The van der Waals surface area contributed by atoms with Crippen LogP contribution in [-0.4, -0.2) is 19.2 Å².